The Morgan fingerprint density at radius 2 is 2.00 bits per heavy atom. The molecule has 1 saturated carbocycles. The summed E-state index contributed by atoms with van der Waals surface area (Å²) in [5, 5.41) is 0. The number of hydrogen-bond donors (Lipinski definition) is 0. The highest BCUT2D eigenvalue weighted by Crippen LogP contribution is 2.60. The topological polar surface area (TPSA) is 26.3 Å². The Morgan fingerprint density at radius 1 is 1.33 bits per heavy atom. The summed E-state index contributed by atoms with van der Waals surface area (Å²) in [5.41, 5.74) is 1.28. The molecule has 0 radical (unpaired) electrons. The van der Waals surface area contributed by atoms with E-state index in [1.807, 2.05) is 18.2 Å². The molecule has 0 spiro atoms. The first-order valence-electron chi connectivity index (χ1n) is 6.37. The minimum absolute atomic E-state index is 0.0583. The van der Waals surface area contributed by atoms with Crippen LogP contribution in [0.2, 0.25) is 0 Å². The SMILES string of the molecule is COC(=O)[C@H]1[C@H](CC=Cc2ccccc2)C1(C)C. The third kappa shape index (κ3) is 2.47. The number of methoxy groups -OCH3 is 1. The molecule has 0 aliphatic heterocycles. The van der Waals surface area contributed by atoms with Crippen LogP contribution in [0.1, 0.15) is 25.8 Å². The van der Waals surface area contributed by atoms with Crippen molar-refractivity contribution >= 4 is 12.0 Å². The lowest BCUT2D eigenvalue weighted by Crippen LogP contribution is -2.07. The van der Waals surface area contributed by atoms with E-state index in [0.29, 0.717) is 5.92 Å². The summed E-state index contributed by atoms with van der Waals surface area (Å²) in [4.78, 5) is 11.6. The largest absolute Gasteiger partial charge is 0.469 e. The van der Waals surface area contributed by atoms with Crippen molar-refractivity contribution in [3.05, 3.63) is 42.0 Å². The third-order valence-corrected chi connectivity index (χ3v) is 4.01. The third-order valence-electron chi connectivity index (χ3n) is 4.01. The summed E-state index contributed by atoms with van der Waals surface area (Å²) >= 11 is 0. The van der Waals surface area contributed by atoms with Crippen molar-refractivity contribution in [3.8, 4) is 0 Å². The molecule has 1 aliphatic rings. The van der Waals surface area contributed by atoms with Crippen LogP contribution in [0.4, 0.5) is 0 Å². The second kappa shape index (κ2) is 4.97. The molecule has 0 N–H and O–H groups in total. The summed E-state index contributed by atoms with van der Waals surface area (Å²) < 4.78 is 4.84. The first-order valence-corrected chi connectivity index (χ1v) is 6.37. The summed E-state index contributed by atoms with van der Waals surface area (Å²) in [7, 11) is 1.47. The number of rotatable bonds is 4. The molecule has 2 rings (SSSR count). The zero-order chi connectivity index (χ0) is 13.2. The van der Waals surface area contributed by atoms with Gasteiger partial charge in [0, 0.05) is 0 Å². The standard InChI is InChI=1S/C16H20O2/c1-16(2)13(14(16)15(17)18-3)11-7-10-12-8-5-4-6-9-12/h4-10,13-14H,11H2,1-3H3/t13-,14+/m0/s1. The Bertz CT molecular complexity index is 445. The van der Waals surface area contributed by atoms with Crippen molar-refractivity contribution in [3.63, 3.8) is 0 Å². The first-order chi connectivity index (χ1) is 8.57. The van der Waals surface area contributed by atoms with Gasteiger partial charge in [-0.3, -0.25) is 4.79 Å². The van der Waals surface area contributed by atoms with Gasteiger partial charge in [-0.05, 0) is 23.3 Å². The fourth-order valence-corrected chi connectivity index (χ4v) is 2.69. The normalized spacial score (nSPS) is 25.1. The van der Waals surface area contributed by atoms with E-state index < -0.39 is 0 Å². The molecule has 2 heteroatoms. The van der Waals surface area contributed by atoms with Gasteiger partial charge in [0.25, 0.3) is 0 Å². The van der Waals surface area contributed by atoms with Crippen molar-refractivity contribution in [2.24, 2.45) is 17.3 Å². The van der Waals surface area contributed by atoms with Crippen LogP contribution in [0, 0.1) is 17.3 Å². The van der Waals surface area contributed by atoms with Gasteiger partial charge in [-0.25, -0.2) is 0 Å². The highest BCUT2D eigenvalue weighted by Gasteiger charge is 2.61. The van der Waals surface area contributed by atoms with Crippen LogP contribution in [0.5, 0.6) is 0 Å². The maximum absolute atomic E-state index is 11.6. The molecule has 0 heterocycles. The quantitative estimate of drug-likeness (QED) is 0.757. The summed E-state index contributed by atoms with van der Waals surface area (Å²) in [5.74, 6) is 0.394. The van der Waals surface area contributed by atoms with E-state index in [4.69, 9.17) is 4.74 Å². The molecule has 0 saturated heterocycles. The molecule has 96 valence electrons. The van der Waals surface area contributed by atoms with Crippen molar-refractivity contribution in [2.45, 2.75) is 20.3 Å². The van der Waals surface area contributed by atoms with Gasteiger partial charge in [-0.1, -0.05) is 56.3 Å². The second-order valence-corrected chi connectivity index (χ2v) is 5.48. The Labute approximate surface area is 109 Å². The van der Waals surface area contributed by atoms with E-state index in [1.54, 1.807) is 0 Å². The molecule has 2 nitrogen and oxygen atoms in total. The van der Waals surface area contributed by atoms with Crippen LogP contribution >= 0.6 is 0 Å². The first kappa shape index (κ1) is 12.9. The Balaban J connectivity index is 1.92. The second-order valence-electron chi connectivity index (χ2n) is 5.48. The fraction of sp³-hybridized carbons (Fsp3) is 0.438. The highest BCUT2D eigenvalue weighted by atomic mass is 16.5. The minimum atomic E-state index is -0.0712. The lowest BCUT2D eigenvalue weighted by Gasteiger charge is -1.99. The van der Waals surface area contributed by atoms with Crippen LogP contribution in [-0.2, 0) is 9.53 Å². The van der Waals surface area contributed by atoms with Crippen LogP contribution in [-0.4, -0.2) is 13.1 Å². The minimum Gasteiger partial charge on any atom is -0.469 e. The maximum Gasteiger partial charge on any atom is 0.309 e. The summed E-state index contributed by atoms with van der Waals surface area (Å²) in [6.07, 6.45) is 5.20. The summed E-state index contributed by atoms with van der Waals surface area (Å²) in [6.45, 7) is 4.27. The van der Waals surface area contributed by atoms with Gasteiger partial charge in [0.05, 0.1) is 13.0 Å². The van der Waals surface area contributed by atoms with Crippen molar-refractivity contribution < 1.29 is 9.53 Å². The lowest BCUT2D eigenvalue weighted by molar-refractivity contribution is -0.143. The number of carbonyl (C=O) groups is 1. The average molecular weight is 244 g/mol. The zero-order valence-electron chi connectivity index (χ0n) is 11.2. The average Bonchev–Trinajstić information content (AvgIpc) is 2.92. The van der Waals surface area contributed by atoms with Gasteiger partial charge in [-0.15, -0.1) is 0 Å². The van der Waals surface area contributed by atoms with Crippen LogP contribution in [0.3, 0.4) is 0 Å². The Hall–Kier alpha value is -1.57. The molecule has 1 aromatic rings. The molecule has 1 aliphatic carbocycles. The van der Waals surface area contributed by atoms with Crippen LogP contribution < -0.4 is 0 Å². The maximum atomic E-state index is 11.6. The van der Waals surface area contributed by atoms with E-state index in [0.717, 1.165) is 6.42 Å². The highest BCUT2D eigenvalue weighted by molar-refractivity contribution is 5.77. The number of hydrogen-bond acceptors (Lipinski definition) is 2. The molecule has 0 amide bonds. The van der Waals surface area contributed by atoms with E-state index in [2.05, 4.69) is 38.1 Å². The number of allylic oxidation sites excluding steroid dienone is 1. The molecular formula is C16H20O2. The molecule has 18 heavy (non-hydrogen) atoms. The number of carbonyl (C=O) groups excluding carboxylic acids is 1. The Kier molecular flexibility index (Phi) is 3.55. The molecule has 1 fully saturated rings. The predicted molar refractivity (Wildman–Crippen MR) is 72.9 cm³/mol. The van der Waals surface area contributed by atoms with E-state index in [9.17, 15) is 4.79 Å². The van der Waals surface area contributed by atoms with Crippen molar-refractivity contribution in [2.75, 3.05) is 7.11 Å². The van der Waals surface area contributed by atoms with Gasteiger partial charge in [-0.2, -0.15) is 0 Å². The molecule has 0 bridgehead atoms. The van der Waals surface area contributed by atoms with Gasteiger partial charge in [0.15, 0.2) is 0 Å². The monoisotopic (exact) mass is 244 g/mol. The van der Waals surface area contributed by atoms with E-state index in [1.165, 1.54) is 12.7 Å². The number of ether oxygens (including phenoxy) is 1. The number of benzene rings is 1. The number of esters is 1. The van der Waals surface area contributed by atoms with Crippen molar-refractivity contribution in [1.29, 1.82) is 0 Å². The van der Waals surface area contributed by atoms with Gasteiger partial charge < -0.3 is 4.74 Å². The van der Waals surface area contributed by atoms with Gasteiger partial charge in [0.2, 0.25) is 0 Å². The Morgan fingerprint density at radius 3 is 2.61 bits per heavy atom. The lowest BCUT2D eigenvalue weighted by atomic mass is 10.1. The molecule has 0 unspecified atom stereocenters. The van der Waals surface area contributed by atoms with Crippen LogP contribution in [0.15, 0.2) is 36.4 Å². The zero-order valence-corrected chi connectivity index (χ0v) is 11.2. The molecule has 2 atom stereocenters. The smallest absolute Gasteiger partial charge is 0.309 e. The van der Waals surface area contributed by atoms with Gasteiger partial charge in [0.1, 0.15) is 0 Å². The molecular weight excluding hydrogens is 224 g/mol. The molecule has 1 aromatic carbocycles. The predicted octanol–water partition coefficient (Wildman–Crippen LogP) is 3.54. The fourth-order valence-electron chi connectivity index (χ4n) is 2.69. The molecule has 0 aromatic heterocycles. The van der Waals surface area contributed by atoms with E-state index >= 15 is 0 Å². The van der Waals surface area contributed by atoms with Gasteiger partial charge >= 0.3 is 5.97 Å². The van der Waals surface area contributed by atoms with Crippen LogP contribution in [0.25, 0.3) is 6.08 Å². The van der Waals surface area contributed by atoms with E-state index in [-0.39, 0.29) is 17.3 Å². The van der Waals surface area contributed by atoms with Crippen molar-refractivity contribution in [1.82, 2.24) is 0 Å². The summed E-state index contributed by atoms with van der Waals surface area (Å²) in [6, 6.07) is 10.2.